The highest BCUT2D eigenvalue weighted by Gasteiger charge is 2.26. The molecule has 1 fully saturated rings. The zero-order valence-electron chi connectivity index (χ0n) is 8.21. The van der Waals surface area contributed by atoms with E-state index in [1.165, 1.54) is 12.8 Å². The van der Waals surface area contributed by atoms with E-state index < -0.39 is 0 Å². The Morgan fingerprint density at radius 2 is 2.33 bits per heavy atom. The Labute approximate surface area is 74.3 Å². The molecule has 70 valence electrons. The second-order valence-electron chi connectivity index (χ2n) is 3.39. The fourth-order valence-corrected chi connectivity index (χ4v) is 1.86. The number of hydrazine groups is 1. The summed E-state index contributed by atoms with van der Waals surface area (Å²) in [5, 5.41) is 4.03. The van der Waals surface area contributed by atoms with Crippen molar-refractivity contribution in [2.45, 2.75) is 39.7 Å². The van der Waals surface area contributed by atoms with Gasteiger partial charge in [-0.05, 0) is 26.7 Å². The predicted octanol–water partition coefficient (Wildman–Crippen LogP) is 1.25. The summed E-state index contributed by atoms with van der Waals surface area (Å²) in [7, 11) is 0. The maximum atomic E-state index is 11.2. The first-order valence-corrected chi connectivity index (χ1v) is 4.71. The molecule has 1 saturated heterocycles. The lowest BCUT2D eigenvalue weighted by atomic mass is 10.3. The fourth-order valence-electron chi connectivity index (χ4n) is 1.86. The molecule has 3 heteroatoms. The van der Waals surface area contributed by atoms with E-state index in [0.717, 1.165) is 13.1 Å². The Hall–Kier alpha value is -0.570. The topological polar surface area (TPSA) is 23.6 Å². The summed E-state index contributed by atoms with van der Waals surface area (Å²) in [6, 6.07) is 0.536. The minimum Gasteiger partial charge on any atom is -0.276 e. The highest BCUT2D eigenvalue weighted by molar-refractivity contribution is 5.72. The number of rotatable bonds is 2. The Kier molecular flexibility index (Phi) is 3.09. The van der Waals surface area contributed by atoms with Gasteiger partial charge in [-0.15, -0.1) is 0 Å². The van der Waals surface area contributed by atoms with Gasteiger partial charge in [0.2, 0.25) is 5.91 Å². The molecule has 12 heavy (non-hydrogen) atoms. The zero-order chi connectivity index (χ0) is 9.14. The smallest absolute Gasteiger partial charge is 0.233 e. The quantitative estimate of drug-likeness (QED) is 0.622. The van der Waals surface area contributed by atoms with Crippen LogP contribution in [-0.2, 0) is 4.79 Å². The average Bonchev–Trinajstić information content (AvgIpc) is 2.38. The number of hydrogen-bond acceptors (Lipinski definition) is 2. The molecule has 0 aromatic rings. The summed E-state index contributed by atoms with van der Waals surface area (Å²) in [6.07, 6.45) is 2.43. The van der Waals surface area contributed by atoms with Crippen LogP contribution in [0.5, 0.6) is 0 Å². The molecule has 1 aliphatic heterocycles. The number of carbonyl (C=O) groups excluding carboxylic acids is 1. The molecule has 0 spiro atoms. The van der Waals surface area contributed by atoms with Crippen molar-refractivity contribution in [2.24, 2.45) is 0 Å². The van der Waals surface area contributed by atoms with E-state index in [9.17, 15) is 4.79 Å². The van der Waals surface area contributed by atoms with Crippen molar-refractivity contribution in [2.75, 3.05) is 13.1 Å². The van der Waals surface area contributed by atoms with Gasteiger partial charge in [-0.1, -0.05) is 0 Å². The second kappa shape index (κ2) is 3.90. The fraction of sp³-hybridized carbons (Fsp3) is 0.889. The lowest BCUT2D eigenvalue weighted by Gasteiger charge is -2.33. The minimum absolute atomic E-state index is 0.159. The standard InChI is InChI=1S/C9H18N2O/c1-4-10(9(3)12)11-7-5-6-8(11)2/h8H,4-7H2,1-3H3. The van der Waals surface area contributed by atoms with E-state index >= 15 is 0 Å². The van der Waals surface area contributed by atoms with E-state index in [-0.39, 0.29) is 5.91 Å². The Morgan fingerprint density at radius 3 is 2.67 bits per heavy atom. The Morgan fingerprint density at radius 1 is 1.67 bits per heavy atom. The van der Waals surface area contributed by atoms with Crippen molar-refractivity contribution >= 4 is 5.91 Å². The minimum atomic E-state index is 0.159. The molecule has 0 aromatic heterocycles. The maximum absolute atomic E-state index is 11.2. The number of nitrogens with zero attached hydrogens (tertiary/aromatic N) is 2. The van der Waals surface area contributed by atoms with Gasteiger partial charge in [-0.25, -0.2) is 5.01 Å². The molecule has 1 atom stereocenters. The third-order valence-electron chi connectivity index (χ3n) is 2.49. The van der Waals surface area contributed by atoms with E-state index in [2.05, 4.69) is 11.9 Å². The highest BCUT2D eigenvalue weighted by Crippen LogP contribution is 2.18. The Balaban J connectivity index is 2.58. The van der Waals surface area contributed by atoms with Gasteiger partial charge in [0, 0.05) is 26.1 Å². The van der Waals surface area contributed by atoms with Gasteiger partial charge in [0.25, 0.3) is 0 Å². The average molecular weight is 170 g/mol. The normalized spacial score (nSPS) is 24.4. The molecule has 0 radical (unpaired) electrons. The van der Waals surface area contributed by atoms with Crippen LogP contribution < -0.4 is 0 Å². The van der Waals surface area contributed by atoms with Crippen LogP contribution >= 0.6 is 0 Å². The molecule has 1 aliphatic rings. The summed E-state index contributed by atoms with van der Waals surface area (Å²) >= 11 is 0. The molecule has 0 saturated carbocycles. The first kappa shape index (κ1) is 9.52. The predicted molar refractivity (Wildman–Crippen MR) is 48.5 cm³/mol. The van der Waals surface area contributed by atoms with Gasteiger partial charge < -0.3 is 0 Å². The first-order chi connectivity index (χ1) is 5.66. The van der Waals surface area contributed by atoms with Crippen LogP contribution in [-0.4, -0.2) is 35.1 Å². The summed E-state index contributed by atoms with van der Waals surface area (Å²) in [4.78, 5) is 11.2. The van der Waals surface area contributed by atoms with E-state index in [1.807, 2.05) is 11.9 Å². The van der Waals surface area contributed by atoms with Crippen LogP contribution in [0, 0.1) is 0 Å². The van der Waals surface area contributed by atoms with Crippen molar-refractivity contribution in [3.63, 3.8) is 0 Å². The molecule has 0 bridgehead atoms. The summed E-state index contributed by atoms with van der Waals surface area (Å²) in [5.41, 5.74) is 0. The van der Waals surface area contributed by atoms with Crippen LogP contribution in [0.4, 0.5) is 0 Å². The molecule has 0 N–H and O–H groups in total. The van der Waals surface area contributed by atoms with Gasteiger partial charge in [0.05, 0.1) is 0 Å². The first-order valence-electron chi connectivity index (χ1n) is 4.71. The summed E-state index contributed by atoms with van der Waals surface area (Å²) in [5.74, 6) is 0.159. The van der Waals surface area contributed by atoms with Crippen LogP contribution in [0.25, 0.3) is 0 Å². The van der Waals surface area contributed by atoms with Crippen LogP contribution in [0.2, 0.25) is 0 Å². The molecule has 1 unspecified atom stereocenters. The van der Waals surface area contributed by atoms with Gasteiger partial charge in [0.15, 0.2) is 0 Å². The molecular formula is C9H18N2O. The van der Waals surface area contributed by atoms with E-state index in [0.29, 0.717) is 6.04 Å². The van der Waals surface area contributed by atoms with E-state index in [1.54, 1.807) is 6.92 Å². The molecule has 1 amide bonds. The molecule has 0 aromatic carbocycles. The van der Waals surface area contributed by atoms with Crippen molar-refractivity contribution in [3.8, 4) is 0 Å². The summed E-state index contributed by atoms with van der Waals surface area (Å²) in [6.45, 7) is 7.66. The lowest BCUT2D eigenvalue weighted by Crippen LogP contribution is -2.46. The molecule has 0 aliphatic carbocycles. The van der Waals surface area contributed by atoms with Crippen LogP contribution in [0.1, 0.15) is 33.6 Å². The zero-order valence-corrected chi connectivity index (χ0v) is 8.21. The van der Waals surface area contributed by atoms with Gasteiger partial charge in [-0.2, -0.15) is 0 Å². The molecular weight excluding hydrogens is 152 g/mol. The lowest BCUT2D eigenvalue weighted by molar-refractivity contribution is -0.147. The van der Waals surface area contributed by atoms with Crippen LogP contribution in [0.3, 0.4) is 0 Å². The molecule has 1 rings (SSSR count). The third kappa shape index (κ3) is 1.78. The number of amides is 1. The van der Waals surface area contributed by atoms with Crippen molar-refractivity contribution < 1.29 is 4.79 Å². The third-order valence-corrected chi connectivity index (χ3v) is 2.49. The largest absolute Gasteiger partial charge is 0.276 e. The highest BCUT2D eigenvalue weighted by atomic mass is 16.2. The van der Waals surface area contributed by atoms with Gasteiger partial charge >= 0.3 is 0 Å². The van der Waals surface area contributed by atoms with Crippen LogP contribution in [0.15, 0.2) is 0 Å². The molecule has 1 heterocycles. The van der Waals surface area contributed by atoms with Crippen molar-refractivity contribution in [1.82, 2.24) is 10.0 Å². The second-order valence-corrected chi connectivity index (χ2v) is 3.39. The SMILES string of the molecule is CCN(C(C)=O)N1CCCC1C. The maximum Gasteiger partial charge on any atom is 0.233 e. The van der Waals surface area contributed by atoms with E-state index in [4.69, 9.17) is 0 Å². The van der Waals surface area contributed by atoms with Crippen molar-refractivity contribution in [1.29, 1.82) is 0 Å². The number of hydrogen-bond donors (Lipinski definition) is 0. The number of carbonyl (C=O) groups is 1. The molecule has 3 nitrogen and oxygen atoms in total. The van der Waals surface area contributed by atoms with Crippen molar-refractivity contribution in [3.05, 3.63) is 0 Å². The monoisotopic (exact) mass is 170 g/mol. The summed E-state index contributed by atoms with van der Waals surface area (Å²) < 4.78 is 0. The van der Waals surface area contributed by atoms with Gasteiger partial charge in [0.1, 0.15) is 0 Å². The van der Waals surface area contributed by atoms with Gasteiger partial charge in [-0.3, -0.25) is 9.80 Å². The Bertz CT molecular complexity index is 170.